The normalized spacial score (nSPS) is 9.40. The molecule has 53 valence electrons. The Morgan fingerprint density at radius 1 is 1.30 bits per heavy atom. The van der Waals surface area contributed by atoms with Crippen LogP contribution in [0.15, 0.2) is 24.3 Å². The van der Waals surface area contributed by atoms with Crippen molar-refractivity contribution in [1.29, 1.82) is 0 Å². The highest BCUT2D eigenvalue weighted by Gasteiger charge is 1.88. The van der Waals surface area contributed by atoms with E-state index in [0.717, 1.165) is 5.69 Å². The first-order valence-electron chi connectivity index (χ1n) is 3.11. The van der Waals surface area contributed by atoms with Gasteiger partial charge in [-0.25, -0.2) is 4.39 Å². The lowest BCUT2D eigenvalue weighted by Crippen LogP contribution is -1.95. The number of hydrogen-bond acceptors (Lipinski definition) is 1. The Kier molecular flexibility index (Phi) is 2.26. The van der Waals surface area contributed by atoms with Crippen LogP contribution < -0.4 is 5.32 Å². The third kappa shape index (κ3) is 1.72. The molecule has 1 nitrogen and oxygen atoms in total. The van der Waals surface area contributed by atoms with Gasteiger partial charge in [0.25, 0.3) is 0 Å². The first-order chi connectivity index (χ1) is 4.83. The largest absolute Gasteiger partial charge is 0.385 e. The van der Waals surface area contributed by atoms with Gasteiger partial charge in [0.15, 0.2) is 0 Å². The zero-order valence-electron chi connectivity index (χ0n) is 5.60. The lowest BCUT2D eigenvalue weighted by molar-refractivity contribution is 0.628. The molecule has 0 aliphatic heterocycles. The van der Waals surface area contributed by atoms with Gasteiger partial charge in [0.1, 0.15) is 5.82 Å². The summed E-state index contributed by atoms with van der Waals surface area (Å²) < 4.78 is 12.3. The van der Waals surface area contributed by atoms with Gasteiger partial charge in [0.2, 0.25) is 0 Å². The van der Waals surface area contributed by atoms with Gasteiger partial charge in [0, 0.05) is 12.2 Å². The molecule has 2 heteroatoms. The van der Waals surface area contributed by atoms with Crippen molar-refractivity contribution in [3.8, 4) is 0 Å². The fourth-order valence-corrected chi connectivity index (χ4v) is 0.712. The van der Waals surface area contributed by atoms with Crippen LogP contribution in [0, 0.1) is 12.7 Å². The predicted molar refractivity (Wildman–Crippen MR) is 40.2 cm³/mol. The fraction of sp³-hybridized carbons (Fsp3) is 0.125. The van der Waals surface area contributed by atoms with Crippen LogP contribution in [0.4, 0.5) is 10.1 Å². The Hall–Kier alpha value is -1.05. The van der Waals surface area contributed by atoms with Gasteiger partial charge in [-0.15, -0.1) is 0 Å². The molecule has 0 amide bonds. The Morgan fingerprint density at radius 3 is 2.40 bits per heavy atom. The Labute approximate surface area is 59.9 Å². The average molecular weight is 138 g/mol. The first kappa shape index (κ1) is 7.06. The molecule has 0 saturated carbocycles. The molecular weight excluding hydrogens is 129 g/mol. The molecule has 0 heterocycles. The number of anilines is 1. The minimum atomic E-state index is -0.213. The van der Waals surface area contributed by atoms with Crippen molar-refractivity contribution in [3.63, 3.8) is 0 Å². The zero-order valence-corrected chi connectivity index (χ0v) is 5.60. The SMILES string of the molecule is [CH2]CNc1ccc(F)cc1. The highest BCUT2D eigenvalue weighted by Crippen LogP contribution is 2.06. The molecule has 1 aromatic rings. The van der Waals surface area contributed by atoms with Crippen LogP contribution in [0.3, 0.4) is 0 Å². The van der Waals surface area contributed by atoms with Crippen molar-refractivity contribution in [2.24, 2.45) is 0 Å². The summed E-state index contributed by atoms with van der Waals surface area (Å²) in [7, 11) is 0. The Balaban J connectivity index is 2.69. The van der Waals surface area contributed by atoms with Crippen LogP contribution >= 0.6 is 0 Å². The lowest BCUT2D eigenvalue weighted by Gasteiger charge is -2.00. The van der Waals surface area contributed by atoms with Gasteiger partial charge in [-0.1, -0.05) is 0 Å². The van der Waals surface area contributed by atoms with Gasteiger partial charge in [-0.2, -0.15) is 0 Å². The molecule has 0 aliphatic rings. The molecule has 0 fully saturated rings. The summed E-state index contributed by atoms with van der Waals surface area (Å²) in [5.74, 6) is -0.213. The van der Waals surface area contributed by atoms with Crippen LogP contribution in [0.2, 0.25) is 0 Å². The molecule has 0 aliphatic carbocycles. The lowest BCUT2D eigenvalue weighted by atomic mass is 10.3. The standard InChI is InChI=1S/C8H9FN/c1-2-10-8-5-3-7(9)4-6-8/h3-6,10H,1-2H2. The van der Waals surface area contributed by atoms with Crippen molar-refractivity contribution in [1.82, 2.24) is 0 Å². The molecule has 0 atom stereocenters. The van der Waals surface area contributed by atoms with Crippen molar-refractivity contribution < 1.29 is 4.39 Å². The maximum absolute atomic E-state index is 12.3. The molecule has 0 spiro atoms. The van der Waals surface area contributed by atoms with Crippen LogP contribution in [-0.2, 0) is 0 Å². The van der Waals surface area contributed by atoms with Crippen LogP contribution in [0.1, 0.15) is 0 Å². The van der Waals surface area contributed by atoms with Crippen molar-refractivity contribution in [2.45, 2.75) is 0 Å². The van der Waals surface area contributed by atoms with Crippen molar-refractivity contribution in [2.75, 3.05) is 11.9 Å². The highest BCUT2D eigenvalue weighted by molar-refractivity contribution is 5.42. The Bertz CT molecular complexity index is 193. The zero-order chi connectivity index (χ0) is 7.40. The second-order valence-electron chi connectivity index (χ2n) is 1.93. The third-order valence-corrected chi connectivity index (χ3v) is 1.17. The van der Waals surface area contributed by atoms with E-state index in [9.17, 15) is 4.39 Å². The van der Waals surface area contributed by atoms with Gasteiger partial charge in [-0.3, -0.25) is 0 Å². The number of nitrogens with one attached hydrogen (secondary N) is 1. The number of hydrogen-bond donors (Lipinski definition) is 1. The van der Waals surface area contributed by atoms with Gasteiger partial charge >= 0.3 is 0 Å². The van der Waals surface area contributed by atoms with Gasteiger partial charge in [-0.05, 0) is 31.2 Å². The summed E-state index contributed by atoms with van der Waals surface area (Å²) in [6.07, 6.45) is 0. The van der Waals surface area contributed by atoms with E-state index in [0.29, 0.717) is 6.54 Å². The smallest absolute Gasteiger partial charge is 0.123 e. The summed E-state index contributed by atoms with van der Waals surface area (Å²) in [5, 5.41) is 2.96. The monoisotopic (exact) mass is 138 g/mol. The van der Waals surface area contributed by atoms with Crippen LogP contribution in [0.5, 0.6) is 0 Å². The van der Waals surface area contributed by atoms with Crippen molar-refractivity contribution in [3.05, 3.63) is 37.0 Å². The topological polar surface area (TPSA) is 12.0 Å². The molecular formula is C8H9FN. The molecule has 0 unspecified atom stereocenters. The summed E-state index contributed by atoms with van der Waals surface area (Å²) in [6, 6.07) is 6.19. The number of halogens is 1. The molecule has 10 heavy (non-hydrogen) atoms. The fourth-order valence-electron chi connectivity index (χ4n) is 0.712. The molecule has 1 radical (unpaired) electrons. The van der Waals surface area contributed by atoms with Gasteiger partial charge < -0.3 is 5.32 Å². The molecule has 1 aromatic carbocycles. The number of benzene rings is 1. The minimum absolute atomic E-state index is 0.213. The van der Waals surface area contributed by atoms with Crippen LogP contribution in [-0.4, -0.2) is 6.54 Å². The highest BCUT2D eigenvalue weighted by atomic mass is 19.1. The molecule has 1 N–H and O–H groups in total. The maximum Gasteiger partial charge on any atom is 0.123 e. The van der Waals surface area contributed by atoms with E-state index in [1.54, 1.807) is 12.1 Å². The summed E-state index contributed by atoms with van der Waals surface area (Å²) in [6.45, 7) is 4.22. The average Bonchev–Trinajstić information content (AvgIpc) is 1.95. The first-order valence-corrected chi connectivity index (χ1v) is 3.11. The van der Waals surface area contributed by atoms with E-state index in [4.69, 9.17) is 0 Å². The third-order valence-electron chi connectivity index (χ3n) is 1.17. The molecule has 1 rings (SSSR count). The van der Waals surface area contributed by atoms with E-state index in [2.05, 4.69) is 12.2 Å². The van der Waals surface area contributed by atoms with E-state index < -0.39 is 0 Å². The summed E-state index contributed by atoms with van der Waals surface area (Å²) in [4.78, 5) is 0. The summed E-state index contributed by atoms with van der Waals surface area (Å²) in [5.41, 5.74) is 0.899. The Morgan fingerprint density at radius 2 is 1.90 bits per heavy atom. The predicted octanol–water partition coefficient (Wildman–Crippen LogP) is 2.07. The van der Waals surface area contributed by atoms with E-state index in [-0.39, 0.29) is 5.82 Å². The van der Waals surface area contributed by atoms with E-state index in [1.807, 2.05) is 0 Å². The maximum atomic E-state index is 12.3. The molecule has 0 bridgehead atoms. The van der Waals surface area contributed by atoms with Gasteiger partial charge in [0.05, 0.1) is 0 Å². The second-order valence-corrected chi connectivity index (χ2v) is 1.93. The van der Waals surface area contributed by atoms with E-state index in [1.165, 1.54) is 12.1 Å². The minimum Gasteiger partial charge on any atom is -0.385 e. The number of rotatable bonds is 2. The molecule has 0 aromatic heterocycles. The van der Waals surface area contributed by atoms with Crippen LogP contribution in [0.25, 0.3) is 0 Å². The van der Waals surface area contributed by atoms with Crippen molar-refractivity contribution >= 4 is 5.69 Å². The second kappa shape index (κ2) is 3.20. The molecule has 0 saturated heterocycles. The van der Waals surface area contributed by atoms with E-state index >= 15 is 0 Å². The quantitative estimate of drug-likeness (QED) is 0.659. The summed E-state index contributed by atoms with van der Waals surface area (Å²) >= 11 is 0.